The van der Waals surface area contributed by atoms with Crippen molar-refractivity contribution < 1.29 is 13.3 Å². The highest BCUT2D eigenvalue weighted by atomic mass is 32.2. The highest BCUT2D eigenvalue weighted by molar-refractivity contribution is 7.89. The normalized spacial score (nSPS) is 11.8. The lowest BCUT2D eigenvalue weighted by atomic mass is 10.3. The Morgan fingerprint density at radius 2 is 2.00 bits per heavy atom. The maximum absolute atomic E-state index is 11.9. The number of benzene rings is 1. The largest absolute Gasteiger partial charge is 0.314 e. The minimum Gasteiger partial charge on any atom is -0.314 e. The zero-order valence-corrected chi connectivity index (χ0v) is 12.3. The van der Waals surface area contributed by atoms with E-state index in [4.69, 9.17) is 0 Å². The number of rotatable bonds is 8. The number of nitro benzene ring substituents is 1. The van der Waals surface area contributed by atoms with Crippen molar-refractivity contribution in [1.29, 1.82) is 0 Å². The van der Waals surface area contributed by atoms with Gasteiger partial charge in [-0.1, -0.05) is 19.9 Å². The van der Waals surface area contributed by atoms with Gasteiger partial charge in [0.15, 0.2) is 0 Å². The predicted molar refractivity (Wildman–Crippen MR) is 76.0 cm³/mol. The van der Waals surface area contributed by atoms with Gasteiger partial charge in [0.05, 0.1) is 9.82 Å². The molecule has 0 unspecified atom stereocenters. The fourth-order valence-electron chi connectivity index (χ4n) is 1.53. The Hall–Kier alpha value is -1.51. The van der Waals surface area contributed by atoms with Gasteiger partial charge in [-0.25, -0.2) is 13.1 Å². The summed E-state index contributed by atoms with van der Waals surface area (Å²) >= 11 is 0. The van der Waals surface area contributed by atoms with Gasteiger partial charge in [0.2, 0.25) is 10.0 Å². The van der Waals surface area contributed by atoms with E-state index in [0.29, 0.717) is 19.0 Å². The summed E-state index contributed by atoms with van der Waals surface area (Å²) in [6.45, 7) is 5.00. The van der Waals surface area contributed by atoms with Crippen LogP contribution in [-0.4, -0.2) is 32.5 Å². The summed E-state index contributed by atoms with van der Waals surface area (Å²) in [6, 6.07) is 5.35. The smallest absolute Gasteiger partial charge is 0.270 e. The Labute approximate surface area is 118 Å². The monoisotopic (exact) mass is 301 g/mol. The first-order valence-electron chi connectivity index (χ1n) is 6.30. The lowest BCUT2D eigenvalue weighted by Gasteiger charge is -2.09. The molecule has 0 fully saturated rings. The third kappa shape index (κ3) is 5.24. The topological polar surface area (TPSA) is 101 Å². The summed E-state index contributed by atoms with van der Waals surface area (Å²) in [7, 11) is -3.70. The summed E-state index contributed by atoms with van der Waals surface area (Å²) < 4.78 is 26.3. The van der Waals surface area contributed by atoms with E-state index < -0.39 is 14.9 Å². The van der Waals surface area contributed by atoms with Gasteiger partial charge < -0.3 is 5.32 Å². The number of nitro groups is 1. The Morgan fingerprint density at radius 3 is 2.60 bits per heavy atom. The molecule has 8 heteroatoms. The molecule has 2 N–H and O–H groups in total. The number of hydrogen-bond donors (Lipinski definition) is 2. The SMILES string of the molecule is CC(C)NCCCNS(=O)(=O)c1cccc([N+](=O)[O-])c1. The molecular formula is C12H19N3O4S. The number of nitrogens with one attached hydrogen (secondary N) is 2. The molecule has 112 valence electrons. The maximum atomic E-state index is 11.9. The van der Waals surface area contributed by atoms with E-state index in [1.54, 1.807) is 0 Å². The molecule has 0 spiro atoms. The van der Waals surface area contributed by atoms with Gasteiger partial charge in [0.1, 0.15) is 0 Å². The van der Waals surface area contributed by atoms with Gasteiger partial charge in [0.25, 0.3) is 5.69 Å². The average molecular weight is 301 g/mol. The number of nitrogens with zero attached hydrogens (tertiary/aromatic N) is 1. The van der Waals surface area contributed by atoms with Crippen molar-refractivity contribution in [2.75, 3.05) is 13.1 Å². The lowest BCUT2D eigenvalue weighted by molar-refractivity contribution is -0.385. The Bertz CT molecular complexity index is 558. The van der Waals surface area contributed by atoms with Crippen LogP contribution < -0.4 is 10.0 Å². The van der Waals surface area contributed by atoms with Gasteiger partial charge in [-0.05, 0) is 19.0 Å². The third-order valence-corrected chi connectivity index (χ3v) is 4.00. The third-order valence-electron chi connectivity index (χ3n) is 2.54. The Balaban J connectivity index is 2.60. The molecule has 0 amide bonds. The zero-order valence-electron chi connectivity index (χ0n) is 11.5. The van der Waals surface area contributed by atoms with Crippen LogP contribution in [0, 0.1) is 10.1 Å². The molecule has 0 aliphatic carbocycles. The van der Waals surface area contributed by atoms with E-state index in [9.17, 15) is 18.5 Å². The van der Waals surface area contributed by atoms with Crippen LogP contribution in [0.1, 0.15) is 20.3 Å². The number of sulfonamides is 1. The molecule has 0 heterocycles. The van der Waals surface area contributed by atoms with Crippen molar-refractivity contribution in [2.45, 2.75) is 31.2 Å². The highest BCUT2D eigenvalue weighted by Gasteiger charge is 2.16. The minimum absolute atomic E-state index is 0.0940. The standard InChI is InChI=1S/C12H19N3O4S/c1-10(2)13-7-4-8-14-20(18,19)12-6-3-5-11(9-12)15(16)17/h3,5-6,9-10,13-14H,4,7-8H2,1-2H3. The second kappa shape index (κ2) is 7.32. The van der Waals surface area contributed by atoms with Gasteiger partial charge in [0, 0.05) is 24.7 Å². The van der Waals surface area contributed by atoms with Crippen molar-refractivity contribution in [3.05, 3.63) is 34.4 Å². The molecule has 20 heavy (non-hydrogen) atoms. The molecule has 1 aromatic carbocycles. The summed E-state index contributed by atoms with van der Waals surface area (Å²) in [6.07, 6.45) is 0.645. The predicted octanol–water partition coefficient (Wildman–Crippen LogP) is 1.26. The molecule has 0 atom stereocenters. The fraction of sp³-hybridized carbons (Fsp3) is 0.500. The molecule has 0 saturated carbocycles. The van der Waals surface area contributed by atoms with Crippen LogP contribution in [0.15, 0.2) is 29.2 Å². The van der Waals surface area contributed by atoms with Crippen molar-refractivity contribution in [3.63, 3.8) is 0 Å². The number of non-ortho nitro benzene ring substituents is 1. The molecule has 0 bridgehead atoms. The Kier molecular flexibility index (Phi) is 6.05. The van der Waals surface area contributed by atoms with Gasteiger partial charge in [-0.15, -0.1) is 0 Å². The van der Waals surface area contributed by atoms with Crippen LogP contribution >= 0.6 is 0 Å². The molecule has 0 aliphatic heterocycles. The molecule has 0 saturated heterocycles. The second-order valence-electron chi connectivity index (χ2n) is 4.61. The first kappa shape index (κ1) is 16.5. The zero-order chi connectivity index (χ0) is 15.2. The fourth-order valence-corrected chi connectivity index (χ4v) is 2.65. The van der Waals surface area contributed by atoms with Crippen molar-refractivity contribution in [3.8, 4) is 0 Å². The molecule has 7 nitrogen and oxygen atoms in total. The molecule has 0 aromatic heterocycles. The quantitative estimate of drug-likeness (QED) is 0.427. The van der Waals surface area contributed by atoms with Gasteiger partial charge in [-0.2, -0.15) is 0 Å². The lowest BCUT2D eigenvalue weighted by Crippen LogP contribution is -2.29. The van der Waals surface area contributed by atoms with Crippen LogP contribution in [0.3, 0.4) is 0 Å². The van der Waals surface area contributed by atoms with Crippen LogP contribution in [-0.2, 0) is 10.0 Å². The summed E-state index contributed by atoms with van der Waals surface area (Å²) in [5.41, 5.74) is -0.241. The van der Waals surface area contributed by atoms with E-state index in [-0.39, 0.29) is 17.1 Å². The van der Waals surface area contributed by atoms with Gasteiger partial charge >= 0.3 is 0 Å². The minimum atomic E-state index is -3.70. The van der Waals surface area contributed by atoms with Crippen molar-refractivity contribution in [1.82, 2.24) is 10.0 Å². The average Bonchev–Trinajstić information content (AvgIpc) is 2.38. The first-order chi connectivity index (χ1) is 9.33. The van der Waals surface area contributed by atoms with E-state index in [0.717, 1.165) is 6.07 Å². The van der Waals surface area contributed by atoms with E-state index in [2.05, 4.69) is 10.0 Å². The summed E-state index contributed by atoms with van der Waals surface area (Å²) in [4.78, 5) is 9.91. The van der Waals surface area contributed by atoms with E-state index >= 15 is 0 Å². The van der Waals surface area contributed by atoms with Crippen LogP contribution in [0.5, 0.6) is 0 Å². The molecule has 1 rings (SSSR count). The van der Waals surface area contributed by atoms with Crippen molar-refractivity contribution in [2.24, 2.45) is 0 Å². The summed E-state index contributed by atoms with van der Waals surface area (Å²) in [5, 5.41) is 13.8. The van der Waals surface area contributed by atoms with Crippen LogP contribution in [0.25, 0.3) is 0 Å². The summed E-state index contributed by atoms with van der Waals surface area (Å²) in [5.74, 6) is 0. The number of hydrogen-bond acceptors (Lipinski definition) is 5. The van der Waals surface area contributed by atoms with Crippen molar-refractivity contribution >= 4 is 15.7 Å². The molecular weight excluding hydrogens is 282 g/mol. The molecule has 1 aromatic rings. The maximum Gasteiger partial charge on any atom is 0.270 e. The van der Waals surface area contributed by atoms with E-state index in [1.807, 2.05) is 13.8 Å². The highest BCUT2D eigenvalue weighted by Crippen LogP contribution is 2.16. The van der Waals surface area contributed by atoms with Crippen LogP contribution in [0.2, 0.25) is 0 Å². The van der Waals surface area contributed by atoms with Crippen LogP contribution in [0.4, 0.5) is 5.69 Å². The first-order valence-corrected chi connectivity index (χ1v) is 7.79. The Morgan fingerprint density at radius 1 is 1.30 bits per heavy atom. The molecule has 0 radical (unpaired) electrons. The van der Waals surface area contributed by atoms with E-state index in [1.165, 1.54) is 18.2 Å². The van der Waals surface area contributed by atoms with Gasteiger partial charge in [-0.3, -0.25) is 10.1 Å². The molecule has 0 aliphatic rings. The second-order valence-corrected chi connectivity index (χ2v) is 6.38.